The predicted molar refractivity (Wildman–Crippen MR) is 92.0 cm³/mol. The second-order valence-electron chi connectivity index (χ2n) is 5.20. The van der Waals surface area contributed by atoms with Gasteiger partial charge in [-0.05, 0) is 50.2 Å². The Morgan fingerprint density at radius 2 is 2.00 bits per heavy atom. The molecule has 0 aliphatic carbocycles. The number of thiocarbonyl (C=S) groups is 1. The number of nitrogens with one attached hydrogen (secondary N) is 3. The van der Waals surface area contributed by atoms with Crippen LogP contribution in [0.4, 0.5) is 0 Å². The van der Waals surface area contributed by atoms with Crippen molar-refractivity contribution in [1.82, 2.24) is 15.6 Å². The molecule has 5 heteroatoms. The van der Waals surface area contributed by atoms with E-state index in [1.165, 1.54) is 27.7 Å². The van der Waals surface area contributed by atoms with Crippen molar-refractivity contribution < 1.29 is 4.74 Å². The highest BCUT2D eigenvalue weighted by molar-refractivity contribution is 7.80. The molecular weight excluding hydrogens is 282 g/mol. The summed E-state index contributed by atoms with van der Waals surface area (Å²) in [4.78, 5) is 3.44. The molecule has 1 aromatic carbocycles. The van der Waals surface area contributed by atoms with Gasteiger partial charge in [0.1, 0.15) is 0 Å². The van der Waals surface area contributed by atoms with Crippen molar-refractivity contribution in [2.45, 2.75) is 20.3 Å². The fourth-order valence-corrected chi connectivity index (χ4v) is 2.65. The van der Waals surface area contributed by atoms with Crippen molar-refractivity contribution in [3.8, 4) is 0 Å². The van der Waals surface area contributed by atoms with Crippen molar-refractivity contribution in [1.29, 1.82) is 0 Å². The Bertz CT molecular complexity index is 621. The predicted octanol–water partition coefficient (Wildman–Crippen LogP) is 2.44. The summed E-state index contributed by atoms with van der Waals surface area (Å²) >= 11 is 5.23. The lowest BCUT2D eigenvalue weighted by Crippen LogP contribution is -2.37. The minimum atomic E-state index is 0.655. The maximum atomic E-state index is 5.23. The maximum Gasteiger partial charge on any atom is 0.166 e. The summed E-state index contributed by atoms with van der Waals surface area (Å²) in [7, 11) is 1.68. The molecule has 3 N–H and O–H groups in total. The van der Waals surface area contributed by atoms with Crippen LogP contribution in [0.3, 0.4) is 0 Å². The van der Waals surface area contributed by atoms with Gasteiger partial charge >= 0.3 is 0 Å². The molecule has 0 radical (unpaired) electrons. The van der Waals surface area contributed by atoms with E-state index in [1.54, 1.807) is 7.11 Å². The molecule has 114 valence electrons. The van der Waals surface area contributed by atoms with E-state index in [0.717, 1.165) is 19.5 Å². The Morgan fingerprint density at radius 3 is 2.76 bits per heavy atom. The molecule has 1 heterocycles. The Labute approximate surface area is 131 Å². The number of fused-ring (bicyclic) bond motifs is 1. The number of hydrogen-bond acceptors (Lipinski definition) is 2. The summed E-state index contributed by atoms with van der Waals surface area (Å²) in [6.07, 6.45) is 0.946. The minimum Gasteiger partial charge on any atom is -0.383 e. The largest absolute Gasteiger partial charge is 0.383 e. The Balaban J connectivity index is 1.93. The van der Waals surface area contributed by atoms with Crippen LogP contribution < -0.4 is 10.6 Å². The van der Waals surface area contributed by atoms with E-state index >= 15 is 0 Å². The van der Waals surface area contributed by atoms with Crippen LogP contribution in [-0.2, 0) is 11.2 Å². The Kier molecular flexibility index (Phi) is 5.59. The lowest BCUT2D eigenvalue weighted by molar-refractivity contribution is 0.204. The highest BCUT2D eigenvalue weighted by Crippen LogP contribution is 2.23. The second-order valence-corrected chi connectivity index (χ2v) is 5.61. The van der Waals surface area contributed by atoms with Gasteiger partial charge in [0.05, 0.1) is 6.61 Å². The first-order chi connectivity index (χ1) is 10.1. The zero-order chi connectivity index (χ0) is 15.2. The summed E-state index contributed by atoms with van der Waals surface area (Å²) < 4.78 is 4.98. The van der Waals surface area contributed by atoms with Crippen molar-refractivity contribution in [2.75, 3.05) is 26.8 Å². The van der Waals surface area contributed by atoms with Gasteiger partial charge in [-0.15, -0.1) is 0 Å². The molecule has 0 saturated carbocycles. The molecule has 0 fully saturated rings. The van der Waals surface area contributed by atoms with E-state index in [1.807, 2.05) is 0 Å². The van der Waals surface area contributed by atoms with Gasteiger partial charge in [-0.25, -0.2) is 0 Å². The molecule has 21 heavy (non-hydrogen) atoms. The van der Waals surface area contributed by atoms with Gasteiger partial charge in [-0.1, -0.05) is 11.6 Å². The first-order valence-corrected chi connectivity index (χ1v) is 7.61. The molecule has 0 aliphatic heterocycles. The van der Waals surface area contributed by atoms with Gasteiger partial charge in [-0.2, -0.15) is 0 Å². The van der Waals surface area contributed by atoms with Crippen LogP contribution in [0.1, 0.15) is 16.8 Å². The molecule has 0 atom stereocenters. The number of ether oxygens (including phenoxy) is 1. The number of aromatic amines is 1. The lowest BCUT2D eigenvalue weighted by Gasteiger charge is -2.10. The zero-order valence-electron chi connectivity index (χ0n) is 12.9. The number of benzene rings is 1. The quantitative estimate of drug-likeness (QED) is 0.567. The topological polar surface area (TPSA) is 49.1 Å². The van der Waals surface area contributed by atoms with E-state index in [9.17, 15) is 0 Å². The summed E-state index contributed by atoms with van der Waals surface area (Å²) in [6, 6.07) is 6.52. The van der Waals surface area contributed by atoms with Gasteiger partial charge in [0, 0.05) is 36.8 Å². The lowest BCUT2D eigenvalue weighted by atomic mass is 10.1. The third-order valence-electron chi connectivity index (χ3n) is 3.53. The molecule has 0 amide bonds. The van der Waals surface area contributed by atoms with E-state index in [0.29, 0.717) is 11.7 Å². The SMILES string of the molecule is COCCNC(=S)NCCc1c(C)[nH]c2ccc(C)cc12. The highest BCUT2D eigenvalue weighted by Gasteiger charge is 2.08. The Morgan fingerprint density at radius 1 is 1.24 bits per heavy atom. The van der Waals surface area contributed by atoms with Gasteiger partial charge in [0.25, 0.3) is 0 Å². The molecule has 2 aromatic rings. The molecule has 1 aromatic heterocycles. The average molecular weight is 305 g/mol. The molecule has 2 rings (SSSR count). The van der Waals surface area contributed by atoms with Crippen LogP contribution in [-0.4, -0.2) is 36.9 Å². The number of aromatic nitrogens is 1. The average Bonchev–Trinajstić information content (AvgIpc) is 2.75. The molecule has 0 saturated heterocycles. The third-order valence-corrected chi connectivity index (χ3v) is 3.82. The number of hydrogen-bond donors (Lipinski definition) is 3. The van der Waals surface area contributed by atoms with Crippen molar-refractivity contribution >= 4 is 28.2 Å². The summed E-state index contributed by atoms with van der Waals surface area (Å²) in [5.41, 5.74) is 5.08. The molecule has 0 bridgehead atoms. The standard InChI is InChI=1S/C16H23N3OS/c1-11-4-5-15-14(10-11)13(12(2)19-15)6-7-17-16(21)18-8-9-20-3/h4-5,10,19H,6-9H2,1-3H3,(H2,17,18,21). The van der Waals surface area contributed by atoms with E-state index in [-0.39, 0.29) is 0 Å². The number of H-pyrrole nitrogens is 1. The van der Waals surface area contributed by atoms with Crippen LogP contribution in [0.25, 0.3) is 10.9 Å². The van der Waals surface area contributed by atoms with Crippen LogP contribution in [0.2, 0.25) is 0 Å². The number of rotatable bonds is 6. The number of aryl methyl sites for hydroxylation is 2. The van der Waals surface area contributed by atoms with E-state index < -0.39 is 0 Å². The van der Waals surface area contributed by atoms with Crippen LogP contribution in [0.5, 0.6) is 0 Å². The van der Waals surface area contributed by atoms with Crippen molar-refractivity contribution in [3.63, 3.8) is 0 Å². The van der Waals surface area contributed by atoms with Crippen molar-refractivity contribution in [3.05, 3.63) is 35.0 Å². The van der Waals surface area contributed by atoms with Crippen LogP contribution in [0.15, 0.2) is 18.2 Å². The van der Waals surface area contributed by atoms with Gasteiger partial charge < -0.3 is 20.4 Å². The molecule has 0 unspecified atom stereocenters. The normalized spacial score (nSPS) is 10.8. The maximum absolute atomic E-state index is 5.23. The fraction of sp³-hybridized carbons (Fsp3) is 0.438. The minimum absolute atomic E-state index is 0.655. The van der Waals surface area contributed by atoms with Gasteiger partial charge in [0.2, 0.25) is 0 Å². The summed E-state index contributed by atoms with van der Waals surface area (Å²) in [5, 5.41) is 8.34. The van der Waals surface area contributed by atoms with Gasteiger partial charge in [0.15, 0.2) is 5.11 Å². The molecule has 0 spiro atoms. The molecule has 4 nitrogen and oxygen atoms in total. The molecular formula is C16H23N3OS. The van der Waals surface area contributed by atoms with Crippen LogP contribution >= 0.6 is 12.2 Å². The second kappa shape index (κ2) is 7.43. The van der Waals surface area contributed by atoms with Crippen molar-refractivity contribution in [2.24, 2.45) is 0 Å². The smallest absolute Gasteiger partial charge is 0.166 e. The number of methoxy groups -OCH3 is 1. The molecule has 0 aliphatic rings. The third kappa shape index (κ3) is 4.19. The highest BCUT2D eigenvalue weighted by atomic mass is 32.1. The fourth-order valence-electron chi connectivity index (χ4n) is 2.45. The zero-order valence-corrected chi connectivity index (χ0v) is 13.7. The monoisotopic (exact) mass is 305 g/mol. The summed E-state index contributed by atoms with van der Waals surface area (Å²) in [6.45, 7) is 6.45. The van der Waals surface area contributed by atoms with E-state index in [4.69, 9.17) is 17.0 Å². The first-order valence-electron chi connectivity index (χ1n) is 7.20. The first kappa shape index (κ1) is 15.8. The Hall–Kier alpha value is -1.59. The van der Waals surface area contributed by atoms with Crippen LogP contribution in [0, 0.1) is 13.8 Å². The van der Waals surface area contributed by atoms with Gasteiger partial charge in [-0.3, -0.25) is 0 Å². The summed E-state index contributed by atoms with van der Waals surface area (Å²) in [5.74, 6) is 0. The van der Waals surface area contributed by atoms with E-state index in [2.05, 4.69) is 47.7 Å².